The van der Waals surface area contributed by atoms with Crippen LogP contribution >= 0.6 is 15.9 Å². The number of benzene rings is 2. The molecule has 0 saturated carbocycles. The van der Waals surface area contributed by atoms with Gasteiger partial charge in [-0.05, 0) is 42.3 Å². The van der Waals surface area contributed by atoms with Gasteiger partial charge in [-0.25, -0.2) is 8.42 Å². The lowest BCUT2D eigenvalue weighted by Crippen LogP contribution is -2.47. The summed E-state index contributed by atoms with van der Waals surface area (Å²) in [6.45, 7) is 0.455. The number of carbonyl (C=O) groups excluding carboxylic acids is 2. The minimum atomic E-state index is -3.80. The third-order valence-corrected chi connectivity index (χ3v) is 7.31. The molecule has 1 heterocycles. The van der Waals surface area contributed by atoms with E-state index in [1.165, 1.54) is 16.4 Å². The number of sulfonamides is 1. The van der Waals surface area contributed by atoms with Gasteiger partial charge < -0.3 is 20.1 Å². The molecule has 0 bridgehead atoms. The molecule has 0 aliphatic carbocycles. The van der Waals surface area contributed by atoms with Crippen LogP contribution in [0.5, 0.6) is 5.75 Å². The van der Waals surface area contributed by atoms with Gasteiger partial charge in [0.2, 0.25) is 10.0 Å². The first-order valence-corrected chi connectivity index (χ1v) is 12.1. The number of nitrogens with zero attached hydrogens (tertiary/aromatic N) is 1. The summed E-state index contributed by atoms with van der Waals surface area (Å²) in [6.07, 6.45) is -0.400. The zero-order valence-corrected chi connectivity index (χ0v) is 19.8. The van der Waals surface area contributed by atoms with Gasteiger partial charge in [-0.15, -0.1) is 0 Å². The van der Waals surface area contributed by atoms with E-state index >= 15 is 0 Å². The zero-order valence-electron chi connectivity index (χ0n) is 17.4. The predicted molar refractivity (Wildman–Crippen MR) is 120 cm³/mol. The third-order valence-electron chi connectivity index (χ3n) is 4.88. The summed E-state index contributed by atoms with van der Waals surface area (Å²) < 4.78 is 38.4. The van der Waals surface area contributed by atoms with Crippen molar-refractivity contribution in [2.75, 3.05) is 33.4 Å². The first-order valence-electron chi connectivity index (χ1n) is 9.90. The van der Waals surface area contributed by atoms with Crippen LogP contribution in [0.15, 0.2) is 57.9 Å². The topological polar surface area (TPSA) is 114 Å². The van der Waals surface area contributed by atoms with E-state index in [0.29, 0.717) is 12.2 Å². The minimum absolute atomic E-state index is 0.122. The van der Waals surface area contributed by atoms with Crippen molar-refractivity contribution in [2.24, 2.45) is 0 Å². The normalized spacial score (nSPS) is 16.5. The van der Waals surface area contributed by atoms with Gasteiger partial charge in [-0.3, -0.25) is 9.59 Å². The van der Waals surface area contributed by atoms with Gasteiger partial charge in [-0.2, -0.15) is 4.31 Å². The highest BCUT2D eigenvalue weighted by Gasteiger charge is 2.36. The van der Waals surface area contributed by atoms with E-state index in [9.17, 15) is 18.0 Å². The van der Waals surface area contributed by atoms with Crippen molar-refractivity contribution in [2.45, 2.75) is 17.5 Å². The SMILES string of the molecule is COc1ccccc1CCNC(=O)C(=O)NC[C@H]1OCCN1S(=O)(=O)c1ccc(Br)cc1. The summed E-state index contributed by atoms with van der Waals surface area (Å²) >= 11 is 3.28. The monoisotopic (exact) mass is 525 g/mol. The van der Waals surface area contributed by atoms with Crippen molar-refractivity contribution in [1.82, 2.24) is 14.9 Å². The summed E-state index contributed by atoms with van der Waals surface area (Å²) in [5.41, 5.74) is 0.906. The maximum Gasteiger partial charge on any atom is 0.309 e. The molecule has 1 aliphatic heterocycles. The molecule has 1 saturated heterocycles. The maximum atomic E-state index is 12.9. The van der Waals surface area contributed by atoms with Crippen LogP contribution in [0, 0.1) is 0 Å². The first-order chi connectivity index (χ1) is 15.3. The number of carbonyl (C=O) groups is 2. The van der Waals surface area contributed by atoms with Gasteiger partial charge in [-0.1, -0.05) is 34.1 Å². The number of ether oxygens (including phenoxy) is 2. The first kappa shape index (κ1) is 24.2. The van der Waals surface area contributed by atoms with Crippen molar-refractivity contribution in [3.05, 3.63) is 58.6 Å². The van der Waals surface area contributed by atoms with E-state index in [4.69, 9.17) is 9.47 Å². The fraction of sp³-hybridized carbons (Fsp3) is 0.333. The quantitative estimate of drug-likeness (QED) is 0.501. The Hall–Kier alpha value is -2.47. The van der Waals surface area contributed by atoms with Crippen LogP contribution in [0.1, 0.15) is 5.56 Å². The summed E-state index contributed by atoms with van der Waals surface area (Å²) in [5, 5.41) is 4.99. The summed E-state index contributed by atoms with van der Waals surface area (Å²) in [6, 6.07) is 13.7. The van der Waals surface area contributed by atoms with Crippen LogP contribution in [0.4, 0.5) is 0 Å². The molecule has 0 unspecified atom stereocenters. The van der Waals surface area contributed by atoms with E-state index < -0.39 is 28.1 Å². The van der Waals surface area contributed by atoms with Crippen LogP contribution in [-0.2, 0) is 30.8 Å². The van der Waals surface area contributed by atoms with E-state index in [0.717, 1.165) is 10.0 Å². The van der Waals surface area contributed by atoms with Crippen molar-refractivity contribution in [3.8, 4) is 5.75 Å². The summed E-state index contributed by atoms with van der Waals surface area (Å²) in [5.74, 6) is -0.960. The number of hydrogen-bond donors (Lipinski definition) is 2. The molecule has 0 radical (unpaired) electrons. The number of rotatable bonds is 8. The number of nitrogens with one attached hydrogen (secondary N) is 2. The highest BCUT2D eigenvalue weighted by Crippen LogP contribution is 2.23. The van der Waals surface area contributed by atoms with E-state index in [2.05, 4.69) is 26.6 Å². The second-order valence-corrected chi connectivity index (χ2v) is 9.73. The Morgan fingerprint density at radius 1 is 1.12 bits per heavy atom. The Morgan fingerprint density at radius 3 is 2.53 bits per heavy atom. The van der Waals surface area contributed by atoms with E-state index in [-0.39, 0.29) is 31.1 Å². The van der Waals surface area contributed by atoms with Gasteiger partial charge in [0.05, 0.1) is 25.2 Å². The molecule has 3 rings (SSSR count). The molecule has 1 aliphatic rings. The van der Waals surface area contributed by atoms with Gasteiger partial charge >= 0.3 is 11.8 Å². The molecule has 2 aromatic carbocycles. The maximum absolute atomic E-state index is 12.9. The number of halogens is 1. The molecule has 0 spiro atoms. The standard InChI is InChI=1S/C21H24BrN3O6S/c1-30-18-5-3-2-4-15(18)10-11-23-20(26)21(27)24-14-19-25(12-13-31-19)32(28,29)17-8-6-16(22)7-9-17/h2-9,19H,10-14H2,1H3,(H,23,26)(H,24,27)/t19-/m1/s1. The Kier molecular flexibility index (Phi) is 8.24. The van der Waals surface area contributed by atoms with Gasteiger partial charge in [0.15, 0.2) is 0 Å². The Balaban J connectivity index is 1.51. The number of methoxy groups -OCH3 is 1. The summed E-state index contributed by atoms with van der Waals surface area (Å²) in [7, 11) is -2.23. The molecule has 2 amide bonds. The van der Waals surface area contributed by atoms with Crippen LogP contribution < -0.4 is 15.4 Å². The smallest absolute Gasteiger partial charge is 0.309 e. The third kappa shape index (κ3) is 5.85. The predicted octanol–water partition coefficient (Wildman–Crippen LogP) is 1.28. The molecular weight excluding hydrogens is 502 g/mol. The molecule has 2 N–H and O–H groups in total. The average molecular weight is 526 g/mol. The minimum Gasteiger partial charge on any atom is -0.496 e. The fourth-order valence-corrected chi connectivity index (χ4v) is 5.02. The van der Waals surface area contributed by atoms with Crippen molar-refractivity contribution < 1.29 is 27.5 Å². The van der Waals surface area contributed by atoms with Crippen molar-refractivity contribution in [1.29, 1.82) is 0 Å². The molecule has 2 aromatic rings. The molecule has 11 heteroatoms. The van der Waals surface area contributed by atoms with Gasteiger partial charge in [0, 0.05) is 17.6 Å². The lowest BCUT2D eigenvalue weighted by Gasteiger charge is -2.22. The highest BCUT2D eigenvalue weighted by atomic mass is 79.9. The average Bonchev–Trinajstić information content (AvgIpc) is 3.27. The molecule has 9 nitrogen and oxygen atoms in total. The van der Waals surface area contributed by atoms with Crippen molar-refractivity contribution in [3.63, 3.8) is 0 Å². The van der Waals surface area contributed by atoms with Gasteiger partial charge in [0.1, 0.15) is 12.0 Å². The molecule has 1 fully saturated rings. The number of amides is 2. The molecule has 1 atom stereocenters. The Bertz CT molecular complexity index is 1060. The Morgan fingerprint density at radius 2 is 1.81 bits per heavy atom. The van der Waals surface area contributed by atoms with Crippen molar-refractivity contribution >= 4 is 37.8 Å². The van der Waals surface area contributed by atoms with E-state index in [1.807, 2.05) is 24.3 Å². The molecular formula is C21H24BrN3O6S. The van der Waals surface area contributed by atoms with Crippen LogP contribution in [-0.4, -0.2) is 64.1 Å². The van der Waals surface area contributed by atoms with E-state index in [1.54, 1.807) is 19.2 Å². The van der Waals surface area contributed by atoms with Crippen LogP contribution in [0.25, 0.3) is 0 Å². The second-order valence-electron chi connectivity index (χ2n) is 6.92. The zero-order chi connectivity index (χ0) is 23.1. The number of para-hydroxylation sites is 1. The van der Waals surface area contributed by atoms with Gasteiger partial charge in [0.25, 0.3) is 0 Å². The molecule has 0 aromatic heterocycles. The molecule has 32 heavy (non-hydrogen) atoms. The molecule has 172 valence electrons. The Labute approximate surface area is 195 Å². The fourth-order valence-electron chi connectivity index (χ4n) is 3.24. The summed E-state index contributed by atoms with van der Waals surface area (Å²) in [4.78, 5) is 24.4. The lowest BCUT2D eigenvalue weighted by molar-refractivity contribution is -0.139. The number of hydrogen-bond acceptors (Lipinski definition) is 6. The largest absolute Gasteiger partial charge is 0.496 e. The van der Waals surface area contributed by atoms with Crippen LogP contribution in [0.2, 0.25) is 0 Å². The van der Waals surface area contributed by atoms with Crippen LogP contribution in [0.3, 0.4) is 0 Å². The highest BCUT2D eigenvalue weighted by molar-refractivity contribution is 9.10. The second kappa shape index (κ2) is 10.9. The lowest BCUT2D eigenvalue weighted by atomic mass is 10.1.